The molecule has 1 atom stereocenters. The van der Waals surface area contributed by atoms with Gasteiger partial charge < -0.3 is 14.4 Å². The Morgan fingerprint density at radius 1 is 1.18 bits per heavy atom. The average Bonchev–Trinajstić information content (AvgIpc) is 3.37. The number of amides is 2. The van der Waals surface area contributed by atoms with E-state index >= 15 is 0 Å². The van der Waals surface area contributed by atoms with Crippen LogP contribution in [-0.4, -0.2) is 56.8 Å². The van der Waals surface area contributed by atoms with Crippen LogP contribution in [0.15, 0.2) is 24.3 Å². The summed E-state index contributed by atoms with van der Waals surface area (Å²) in [7, 11) is 0. The van der Waals surface area contributed by atoms with Crippen molar-refractivity contribution in [1.29, 1.82) is 0 Å². The minimum absolute atomic E-state index is 0.0686. The molecule has 4 rings (SSSR count). The third-order valence-electron chi connectivity index (χ3n) is 5.83. The lowest BCUT2D eigenvalue weighted by Crippen LogP contribution is -2.35. The van der Waals surface area contributed by atoms with Gasteiger partial charge in [-0.3, -0.25) is 9.59 Å². The van der Waals surface area contributed by atoms with Crippen LogP contribution in [0.25, 0.3) is 11.0 Å². The van der Waals surface area contributed by atoms with Crippen LogP contribution in [0.4, 0.5) is 0 Å². The summed E-state index contributed by atoms with van der Waals surface area (Å²) in [5.74, 6) is 1.32. The fourth-order valence-electron chi connectivity index (χ4n) is 4.35. The van der Waals surface area contributed by atoms with E-state index in [1.807, 2.05) is 34.1 Å². The lowest BCUT2D eigenvalue weighted by molar-refractivity contribution is -0.132. The second-order valence-corrected chi connectivity index (χ2v) is 8.10. The van der Waals surface area contributed by atoms with E-state index in [-0.39, 0.29) is 17.7 Å². The summed E-state index contributed by atoms with van der Waals surface area (Å²) in [5, 5.41) is 0. The summed E-state index contributed by atoms with van der Waals surface area (Å²) >= 11 is 0. The van der Waals surface area contributed by atoms with E-state index in [0.717, 1.165) is 62.2 Å². The van der Waals surface area contributed by atoms with Crippen molar-refractivity contribution >= 4 is 22.8 Å². The highest BCUT2D eigenvalue weighted by Crippen LogP contribution is 2.37. The predicted molar refractivity (Wildman–Crippen MR) is 109 cm³/mol. The Balaban J connectivity index is 1.64. The Morgan fingerprint density at radius 3 is 2.57 bits per heavy atom. The normalized spacial score (nSPS) is 19.6. The lowest BCUT2D eigenvalue weighted by atomic mass is 10.1. The number of likely N-dealkylation sites (tertiary alicyclic amines) is 1. The van der Waals surface area contributed by atoms with Crippen molar-refractivity contribution in [1.82, 2.24) is 19.4 Å². The molecule has 2 heterocycles. The highest BCUT2D eigenvalue weighted by molar-refractivity contribution is 5.83. The molecule has 1 saturated heterocycles. The minimum Gasteiger partial charge on any atom is -0.341 e. The van der Waals surface area contributed by atoms with Gasteiger partial charge >= 0.3 is 0 Å². The summed E-state index contributed by atoms with van der Waals surface area (Å²) in [4.78, 5) is 34.4. The zero-order valence-corrected chi connectivity index (χ0v) is 16.9. The van der Waals surface area contributed by atoms with Gasteiger partial charge in [-0.15, -0.1) is 0 Å². The maximum atomic E-state index is 13.0. The Kier molecular flexibility index (Phi) is 5.38. The van der Waals surface area contributed by atoms with Crippen LogP contribution in [0.3, 0.4) is 0 Å². The van der Waals surface area contributed by atoms with Crippen LogP contribution in [-0.2, 0) is 16.1 Å². The molecule has 2 aliphatic rings. The summed E-state index contributed by atoms with van der Waals surface area (Å²) in [5.41, 5.74) is 1.89. The van der Waals surface area contributed by atoms with Crippen LogP contribution in [0.2, 0.25) is 0 Å². The summed E-state index contributed by atoms with van der Waals surface area (Å²) in [6.07, 6.45) is 4.65. The van der Waals surface area contributed by atoms with Crippen molar-refractivity contribution in [3.63, 3.8) is 0 Å². The number of fused-ring (bicyclic) bond motifs is 1. The first-order valence-electron chi connectivity index (χ1n) is 10.6. The quantitative estimate of drug-likeness (QED) is 0.705. The molecule has 6 heteroatoms. The van der Waals surface area contributed by atoms with E-state index < -0.39 is 0 Å². The van der Waals surface area contributed by atoms with Crippen LogP contribution in [0.5, 0.6) is 0 Å². The number of aromatic nitrogens is 2. The molecule has 2 fully saturated rings. The Morgan fingerprint density at radius 2 is 1.89 bits per heavy atom. The lowest BCUT2D eigenvalue weighted by Gasteiger charge is -2.23. The predicted octanol–water partition coefficient (Wildman–Crippen LogP) is 3.16. The fourth-order valence-corrected chi connectivity index (χ4v) is 4.35. The Hall–Kier alpha value is -2.37. The van der Waals surface area contributed by atoms with Gasteiger partial charge in [0.25, 0.3) is 0 Å². The second-order valence-electron chi connectivity index (χ2n) is 8.10. The minimum atomic E-state index is 0.0686. The van der Waals surface area contributed by atoms with Crippen LogP contribution >= 0.6 is 0 Å². The van der Waals surface area contributed by atoms with E-state index in [2.05, 4.69) is 18.4 Å². The number of rotatable bonds is 8. The van der Waals surface area contributed by atoms with Gasteiger partial charge in [0, 0.05) is 38.0 Å². The van der Waals surface area contributed by atoms with Crippen LogP contribution in [0, 0.1) is 0 Å². The van der Waals surface area contributed by atoms with E-state index in [1.54, 1.807) is 0 Å². The van der Waals surface area contributed by atoms with Gasteiger partial charge in [0.05, 0.1) is 11.0 Å². The standard InChI is InChI=1S/C22H30N4O2/c1-3-11-24(12-4-2)21(28)15-26-19-8-6-5-7-18(19)23-22(26)16-13-20(27)25(14-16)17-9-10-17/h5-8,16-17H,3-4,9-15H2,1-2H3. The third-order valence-corrected chi connectivity index (χ3v) is 5.83. The SMILES string of the molecule is CCCN(CCC)C(=O)Cn1c(C2CC(=O)N(C3CC3)C2)nc2ccccc21. The molecule has 6 nitrogen and oxygen atoms in total. The molecule has 1 aromatic carbocycles. The van der Waals surface area contributed by atoms with E-state index in [4.69, 9.17) is 4.98 Å². The molecule has 28 heavy (non-hydrogen) atoms. The number of benzene rings is 1. The number of nitrogens with zero attached hydrogens (tertiary/aromatic N) is 4. The van der Waals surface area contributed by atoms with E-state index in [1.165, 1.54) is 0 Å². The summed E-state index contributed by atoms with van der Waals surface area (Å²) in [6.45, 7) is 6.80. The Bertz CT molecular complexity index is 865. The molecule has 0 bridgehead atoms. The molecule has 0 radical (unpaired) electrons. The average molecular weight is 383 g/mol. The first-order valence-corrected chi connectivity index (χ1v) is 10.6. The number of hydrogen-bond donors (Lipinski definition) is 0. The number of carbonyl (C=O) groups excluding carboxylic acids is 2. The number of carbonyl (C=O) groups is 2. The number of para-hydroxylation sites is 2. The van der Waals surface area contributed by atoms with Gasteiger partial charge in [-0.1, -0.05) is 26.0 Å². The van der Waals surface area contributed by atoms with Crippen LogP contribution in [0.1, 0.15) is 57.7 Å². The number of hydrogen-bond acceptors (Lipinski definition) is 3. The van der Waals surface area contributed by atoms with Crippen molar-refractivity contribution in [2.75, 3.05) is 19.6 Å². The first-order chi connectivity index (χ1) is 13.6. The molecule has 1 unspecified atom stereocenters. The maximum absolute atomic E-state index is 13.0. The van der Waals surface area contributed by atoms with Crippen molar-refractivity contribution in [3.8, 4) is 0 Å². The van der Waals surface area contributed by atoms with Gasteiger partial charge in [0.15, 0.2) is 0 Å². The van der Waals surface area contributed by atoms with Gasteiger partial charge in [0.2, 0.25) is 11.8 Å². The smallest absolute Gasteiger partial charge is 0.242 e. The molecule has 0 N–H and O–H groups in total. The molecule has 2 aromatic rings. The van der Waals surface area contributed by atoms with Crippen molar-refractivity contribution in [2.45, 2.75) is 64.5 Å². The second kappa shape index (κ2) is 7.94. The largest absolute Gasteiger partial charge is 0.341 e. The molecule has 150 valence electrons. The molecule has 1 saturated carbocycles. The maximum Gasteiger partial charge on any atom is 0.242 e. The van der Waals surface area contributed by atoms with Gasteiger partial charge in [-0.05, 0) is 37.8 Å². The first kappa shape index (κ1) is 19.0. The van der Waals surface area contributed by atoms with Crippen LogP contribution < -0.4 is 0 Å². The highest BCUT2D eigenvalue weighted by Gasteiger charge is 2.41. The highest BCUT2D eigenvalue weighted by atomic mass is 16.2. The molecule has 1 aliphatic carbocycles. The molecule has 1 aliphatic heterocycles. The summed E-state index contributed by atoms with van der Waals surface area (Å²) in [6, 6.07) is 8.41. The van der Waals surface area contributed by atoms with E-state index in [9.17, 15) is 9.59 Å². The molecular formula is C22H30N4O2. The fraction of sp³-hybridized carbons (Fsp3) is 0.591. The molecule has 1 aromatic heterocycles. The molecular weight excluding hydrogens is 352 g/mol. The monoisotopic (exact) mass is 382 g/mol. The Labute approximate surface area is 166 Å². The zero-order chi connectivity index (χ0) is 19.7. The van der Waals surface area contributed by atoms with Crippen molar-refractivity contribution in [2.24, 2.45) is 0 Å². The molecule has 0 spiro atoms. The number of imidazole rings is 1. The van der Waals surface area contributed by atoms with Gasteiger partial charge in [-0.25, -0.2) is 4.98 Å². The third kappa shape index (κ3) is 3.64. The topological polar surface area (TPSA) is 58.4 Å². The summed E-state index contributed by atoms with van der Waals surface area (Å²) < 4.78 is 2.06. The molecule has 2 amide bonds. The van der Waals surface area contributed by atoms with Gasteiger partial charge in [-0.2, -0.15) is 0 Å². The zero-order valence-electron chi connectivity index (χ0n) is 16.9. The van der Waals surface area contributed by atoms with Gasteiger partial charge in [0.1, 0.15) is 12.4 Å². The van der Waals surface area contributed by atoms with E-state index in [0.29, 0.717) is 19.0 Å². The van der Waals surface area contributed by atoms with Crippen molar-refractivity contribution < 1.29 is 9.59 Å². The van der Waals surface area contributed by atoms with Crippen molar-refractivity contribution in [3.05, 3.63) is 30.1 Å².